The Bertz CT molecular complexity index is 445. The maximum atomic E-state index is 11.0. The second kappa shape index (κ2) is 7.65. The summed E-state index contributed by atoms with van der Waals surface area (Å²) in [6, 6.07) is 6.77. The number of aldehydes is 2. The van der Waals surface area contributed by atoms with Crippen LogP contribution in [0.3, 0.4) is 0 Å². The van der Waals surface area contributed by atoms with Crippen LogP contribution in [-0.2, 0) is 9.59 Å². The first-order valence-corrected chi connectivity index (χ1v) is 6.45. The zero-order valence-corrected chi connectivity index (χ0v) is 12.1. The van der Waals surface area contributed by atoms with Gasteiger partial charge in [-0.3, -0.25) is 0 Å². The molecule has 0 aliphatic heterocycles. The van der Waals surface area contributed by atoms with Crippen molar-refractivity contribution in [2.45, 2.75) is 19.9 Å². The Balaban J connectivity index is 2.40. The zero-order valence-electron chi connectivity index (χ0n) is 12.1. The molecule has 0 radical (unpaired) electrons. The standard InChI is InChI=1S/C15H21NO4/c1-15(2,11-18)14(10-17)16-7-8-20-13-6-4-5-12(9-13)19-3/h4-6,9-11,14,16H,7-8H2,1-3H3. The quantitative estimate of drug-likeness (QED) is 0.547. The summed E-state index contributed by atoms with van der Waals surface area (Å²) >= 11 is 0. The molecule has 0 saturated carbocycles. The average molecular weight is 279 g/mol. The summed E-state index contributed by atoms with van der Waals surface area (Å²) in [5.74, 6) is 1.42. The molecule has 1 unspecified atom stereocenters. The number of carbonyl (C=O) groups excluding carboxylic acids is 2. The first-order chi connectivity index (χ1) is 9.53. The first-order valence-electron chi connectivity index (χ1n) is 6.45. The number of carbonyl (C=O) groups is 2. The molecule has 0 fully saturated rings. The highest BCUT2D eigenvalue weighted by atomic mass is 16.5. The van der Waals surface area contributed by atoms with Crippen molar-refractivity contribution in [2.24, 2.45) is 5.41 Å². The fourth-order valence-electron chi connectivity index (χ4n) is 1.63. The summed E-state index contributed by atoms with van der Waals surface area (Å²) < 4.78 is 10.6. The Morgan fingerprint density at radius 1 is 1.30 bits per heavy atom. The summed E-state index contributed by atoms with van der Waals surface area (Å²) in [6.07, 6.45) is 1.53. The maximum Gasteiger partial charge on any atom is 0.137 e. The summed E-state index contributed by atoms with van der Waals surface area (Å²) in [5.41, 5.74) is -0.724. The van der Waals surface area contributed by atoms with Crippen LogP contribution in [0.15, 0.2) is 24.3 Å². The Hall–Kier alpha value is -1.88. The molecule has 0 amide bonds. The lowest BCUT2D eigenvalue weighted by molar-refractivity contribution is -0.121. The van der Waals surface area contributed by atoms with Crippen molar-refractivity contribution in [3.05, 3.63) is 24.3 Å². The van der Waals surface area contributed by atoms with E-state index >= 15 is 0 Å². The largest absolute Gasteiger partial charge is 0.497 e. The van der Waals surface area contributed by atoms with Crippen molar-refractivity contribution in [3.63, 3.8) is 0 Å². The van der Waals surface area contributed by atoms with Gasteiger partial charge in [0.05, 0.1) is 13.2 Å². The van der Waals surface area contributed by atoms with E-state index in [-0.39, 0.29) is 0 Å². The van der Waals surface area contributed by atoms with Gasteiger partial charge in [-0.2, -0.15) is 0 Å². The molecule has 1 atom stereocenters. The van der Waals surface area contributed by atoms with Gasteiger partial charge in [0.2, 0.25) is 0 Å². The van der Waals surface area contributed by atoms with Crippen LogP contribution in [-0.4, -0.2) is 38.9 Å². The molecular formula is C15H21NO4. The summed E-state index contributed by atoms with van der Waals surface area (Å²) in [6.45, 7) is 4.30. The van der Waals surface area contributed by atoms with E-state index in [9.17, 15) is 9.59 Å². The molecule has 0 spiro atoms. The van der Waals surface area contributed by atoms with Crippen molar-refractivity contribution in [3.8, 4) is 11.5 Å². The third-order valence-corrected chi connectivity index (χ3v) is 3.02. The van der Waals surface area contributed by atoms with Gasteiger partial charge >= 0.3 is 0 Å². The minimum absolute atomic E-state index is 0.395. The summed E-state index contributed by atoms with van der Waals surface area (Å²) in [7, 11) is 1.59. The molecule has 5 nitrogen and oxygen atoms in total. The number of ether oxygens (including phenoxy) is 2. The van der Waals surface area contributed by atoms with E-state index in [1.54, 1.807) is 27.0 Å². The second-order valence-electron chi connectivity index (χ2n) is 5.03. The van der Waals surface area contributed by atoms with Gasteiger partial charge in [-0.15, -0.1) is 0 Å². The minimum Gasteiger partial charge on any atom is -0.497 e. The van der Waals surface area contributed by atoms with Crippen molar-refractivity contribution in [1.82, 2.24) is 5.32 Å². The van der Waals surface area contributed by atoms with Crippen molar-refractivity contribution in [2.75, 3.05) is 20.3 Å². The topological polar surface area (TPSA) is 64.6 Å². The van der Waals surface area contributed by atoms with Gasteiger partial charge in [0.15, 0.2) is 0 Å². The molecule has 1 aromatic carbocycles. The molecule has 0 aliphatic carbocycles. The molecule has 0 aromatic heterocycles. The smallest absolute Gasteiger partial charge is 0.137 e. The van der Waals surface area contributed by atoms with Gasteiger partial charge in [0.1, 0.15) is 30.7 Å². The molecule has 0 saturated heterocycles. The number of methoxy groups -OCH3 is 1. The van der Waals surface area contributed by atoms with Gasteiger partial charge in [-0.1, -0.05) is 19.9 Å². The van der Waals surface area contributed by atoms with E-state index in [0.717, 1.165) is 18.3 Å². The van der Waals surface area contributed by atoms with Crippen LogP contribution in [0.2, 0.25) is 0 Å². The lowest BCUT2D eigenvalue weighted by Gasteiger charge is -2.25. The molecule has 0 heterocycles. The average Bonchev–Trinajstić information content (AvgIpc) is 2.47. The third-order valence-electron chi connectivity index (χ3n) is 3.02. The Labute approximate surface area is 119 Å². The van der Waals surface area contributed by atoms with Crippen molar-refractivity contribution < 1.29 is 19.1 Å². The molecule has 0 bridgehead atoms. The molecule has 5 heteroatoms. The lowest BCUT2D eigenvalue weighted by atomic mass is 9.87. The molecule has 1 rings (SSSR count). The van der Waals surface area contributed by atoms with E-state index in [0.29, 0.717) is 18.9 Å². The van der Waals surface area contributed by atoms with Crippen LogP contribution >= 0.6 is 0 Å². The molecule has 0 aliphatic rings. The van der Waals surface area contributed by atoms with E-state index in [2.05, 4.69) is 5.32 Å². The highest BCUT2D eigenvalue weighted by molar-refractivity contribution is 5.71. The first kappa shape index (κ1) is 16.2. The van der Waals surface area contributed by atoms with Gasteiger partial charge in [-0.05, 0) is 12.1 Å². The highest BCUT2D eigenvalue weighted by Gasteiger charge is 2.28. The molecule has 1 N–H and O–H groups in total. The number of hydrogen-bond acceptors (Lipinski definition) is 5. The number of hydrogen-bond donors (Lipinski definition) is 1. The molecule has 110 valence electrons. The summed E-state index contributed by atoms with van der Waals surface area (Å²) in [4.78, 5) is 21.9. The number of nitrogens with one attached hydrogen (secondary N) is 1. The Morgan fingerprint density at radius 3 is 2.60 bits per heavy atom. The fraction of sp³-hybridized carbons (Fsp3) is 0.467. The highest BCUT2D eigenvalue weighted by Crippen LogP contribution is 2.19. The van der Waals surface area contributed by atoms with E-state index in [1.165, 1.54) is 0 Å². The van der Waals surface area contributed by atoms with Crippen molar-refractivity contribution >= 4 is 12.6 Å². The fourth-order valence-corrected chi connectivity index (χ4v) is 1.63. The molecule has 1 aromatic rings. The van der Waals surface area contributed by atoms with Gasteiger partial charge in [0, 0.05) is 18.0 Å². The maximum absolute atomic E-state index is 11.0. The minimum atomic E-state index is -0.724. The van der Waals surface area contributed by atoms with E-state index in [1.807, 2.05) is 18.2 Å². The van der Waals surface area contributed by atoms with Crippen molar-refractivity contribution in [1.29, 1.82) is 0 Å². The Kier molecular flexibility index (Phi) is 6.18. The van der Waals surface area contributed by atoms with Gasteiger partial charge < -0.3 is 24.4 Å². The Morgan fingerprint density at radius 2 is 2.00 bits per heavy atom. The zero-order chi connectivity index (χ0) is 15.0. The predicted octanol–water partition coefficient (Wildman–Crippen LogP) is 1.46. The SMILES string of the molecule is COc1cccc(OCCNC(C=O)C(C)(C)C=O)c1. The normalized spacial score (nSPS) is 12.6. The molecular weight excluding hydrogens is 258 g/mol. The van der Waals surface area contributed by atoms with E-state index in [4.69, 9.17) is 9.47 Å². The number of benzene rings is 1. The van der Waals surface area contributed by atoms with Gasteiger partial charge in [-0.25, -0.2) is 0 Å². The monoisotopic (exact) mass is 279 g/mol. The van der Waals surface area contributed by atoms with Crippen LogP contribution in [0.25, 0.3) is 0 Å². The summed E-state index contributed by atoms with van der Waals surface area (Å²) in [5, 5.41) is 3.00. The lowest BCUT2D eigenvalue weighted by Crippen LogP contribution is -2.45. The van der Waals surface area contributed by atoms with Crippen LogP contribution < -0.4 is 14.8 Å². The number of rotatable bonds is 9. The van der Waals surface area contributed by atoms with Crippen LogP contribution in [0.4, 0.5) is 0 Å². The van der Waals surface area contributed by atoms with Gasteiger partial charge in [0.25, 0.3) is 0 Å². The second-order valence-corrected chi connectivity index (χ2v) is 5.03. The third kappa shape index (κ3) is 4.66. The van der Waals surface area contributed by atoms with Crippen LogP contribution in [0.1, 0.15) is 13.8 Å². The van der Waals surface area contributed by atoms with E-state index < -0.39 is 11.5 Å². The van der Waals surface area contributed by atoms with Crippen LogP contribution in [0.5, 0.6) is 11.5 Å². The molecule has 20 heavy (non-hydrogen) atoms. The predicted molar refractivity (Wildman–Crippen MR) is 76.2 cm³/mol. The van der Waals surface area contributed by atoms with Crippen LogP contribution in [0, 0.1) is 5.41 Å².